The minimum atomic E-state index is 0.196. The zero-order valence-electron chi connectivity index (χ0n) is 11.0. The Bertz CT molecular complexity index is 298. The summed E-state index contributed by atoms with van der Waals surface area (Å²) in [6, 6.07) is 3.72. The molecule has 96 valence electrons. The summed E-state index contributed by atoms with van der Waals surface area (Å²) in [7, 11) is 0. The van der Waals surface area contributed by atoms with Gasteiger partial charge in [-0.25, -0.2) is 0 Å². The molecule has 0 saturated carbocycles. The molecule has 0 aliphatic carbocycles. The number of hydrogen-bond acceptors (Lipinski definition) is 2. The highest BCUT2D eigenvalue weighted by molar-refractivity contribution is 5.95. The zero-order chi connectivity index (χ0) is 12.5. The highest BCUT2D eigenvalue weighted by Crippen LogP contribution is 2.03. The largest absolute Gasteiger partial charge is 0.359 e. The molecule has 0 atom stereocenters. The quantitative estimate of drug-likeness (QED) is 0.669. The van der Waals surface area contributed by atoms with Crippen LogP contribution in [0.15, 0.2) is 18.3 Å². The van der Waals surface area contributed by atoms with Crippen molar-refractivity contribution in [1.29, 1.82) is 0 Å². The van der Waals surface area contributed by atoms with Gasteiger partial charge in [-0.15, -0.1) is 0 Å². The molecule has 0 radical (unpaired) electrons. The molecule has 1 rings (SSSR count). The highest BCUT2D eigenvalue weighted by Gasteiger charge is 2.12. The van der Waals surface area contributed by atoms with Gasteiger partial charge >= 0.3 is 0 Å². The third-order valence-electron chi connectivity index (χ3n) is 2.92. The van der Waals surface area contributed by atoms with Crippen LogP contribution in [0.4, 0.5) is 0 Å². The van der Waals surface area contributed by atoms with Gasteiger partial charge in [0.05, 0.1) is 12.2 Å². The minimum Gasteiger partial charge on any atom is -0.359 e. The van der Waals surface area contributed by atoms with E-state index in [-0.39, 0.29) is 5.78 Å². The van der Waals surface area contributed by atoms with Crippen LogP contribution in [0.5, 0.6) is 0 Å². The van der Waals surface area contributed by atoms with Crippen molar-refractivity contribution in [3.63, 3.8) is 0 Å². The van der Waals surface area contributed by atoms with Gasteiger partial charge in [-0.05, 0) is 38.1 Å². The molecular weight excluding hydrogens is 212 g/mol. The first-order valence-electron chi connectivity index (χ1n) is 6.66. The van der Waals surface area contributed by atoms with Crippen molar-refractivity contribution in [3.05, 3.63) is 24.0 Å². The number of H-pyrrole nitrogens is 1. The lowest BCUT2D eigenvalue weighted by Gasteiger charge is -2.20. The molecule has 17 heavy (non-hydrogen) atoms. The molecule has 1 heterocycles. The number of hydrogen-bond donors (Lipinski definition) is 1. The van der Waals surface area contributed by atoms with Crippen LogP contribution in [0, 0.1) is 0 Å². The third-order valence-corrected chi connectivity index (χ3v) is 2.92. The fourth-order valence-corrected chi connectivity index (χ4v) is 1.83. The Hall–Kier alpha value is -1.09. The second kappa shape index (κ2) is 8.07. The van der Waals surface area contributed by atoms with Gasteiger partial charge in [0.1, 0.15) is 0 Å². The number of carbonyl (C=O) groups is 1. The number of aromatic amines is 1. The number of Topliss-reactive ketones (excluding diaryl/α,β-unsaturated/α-hetero) is 1. The van der Waals surface area contributed by atoms with Gasteiger partial charge in [0, 0.05) is 6.20 Å². The fraction of sp³-hybridized carbons (Fsp3) is 0.643. The molecule has 1 N–H and O–H groups in total. The molecule has 0 saturated heterocycles. The van der Waals surface area contributed by atoms with E-state index in [1.165, 1.54) is 25.7 Å². The van der Waals surface area contributed by atoms with Gasteiger partial charge in [0.15, 0.2) is 5.78 Å². The van der Waals surface area contributed by atoms with Gasteiger partial charge in [0.25, 0.3) is 0 Å². The molecule has 0 aliphatic rings. The normalized spacial score (nSPS) is 11.0. The van der Waals surface area contributed by atoms with E-state index < -0.39 is 0 Å². The molecule has 1 aromatic heterocycles. The second-order valence-electron chi connectivity index (χ2n) is 4.49. The highest BCUT2D eigenvalue weighted by atomic mass is 16.1. The van der Waals surface area contributed by atoms with E-state index in [0.717, 1.165) is 18.8 Å². The Labute approximate surface area is 104 Å². The molecular formula is C14H24N2O. The summed E-state index contributed by atoms with van der Waals surface area (Å²) in [6.07, 6.45) is 6.50. The first kappa shape index (κ1) is 14.0. The molecule has 0 spiro atoms. The van der Waals surface area contributed by atoms with Gasteiger partial charge in [-0.3, -0.25) is 9.69 Å². The molecule has 3 nitrogen and oxygen atoms in total. The van der Waals surface area contributed by atoms with E-state index in [4.69, 9.17) is 0 Å². The van der Waals surface area contributed by atoms with Gasteiger partial charge in [-0.2, -0.15) is 0 Å². The molecule has 0 bridgehead atoms. The summed E-state index contributed by atoms with van der Waals surface area (Å²) in [5.74, 6) is 0.196. The smallest absolute Gasteiger partial charge is 0.192 e. The lowest BCUT2D eigenvalue weighted by molar-refractivity contribution is 0.0924. The maximum absolute atomic E-state index is 12.0. The zero-order valence-corrected chi connectivity index (χ0v) is 11.0. The first-order valence-corrected chi connectivity index (χ1v) is 6.66. The van der Waals surface area contributed by atoms with Gasteiger partial charge in [0.2, 0.25) is 0 Å². The van der Waals surface area contributed by atoms with Crippen molar-refractivity contribution in [2.24, 2.45) is 0 Å². The average Bonchev–Trinajstić information content (AvgIpc) is 2.86. The predicted octanol–water partition coefficient (Wildman–Crippen LogP) is 3.10. The van der Waals surface area contributed by atoms with Crippen LogP contribution in [0.25, 0.3) is 0 Å². The van der Waals surface area contributed by atoms with Crippen LogP contribution in [0.2, 0.25) is 0 Å². The Morgan fingerprint density at radius 3 is 2.35 bits per heavy atom. The van der Waals surface area contributed by atoms with Crippen LogP contribution in [-0.4, -0.2) is 35.3 Å². The van der Waals surface area contributed by atoms with Crippen molar-refractivity contribution in [2.45, 2.75) is 39.5 Å². The maximum Gasteiger partial charge on any atom is 0.192 e. The number of ketones is 1. The molecule has 0 unspecified atom stereocenters. The second-order valence-corrected chi connectivity index (χ2v) is 4.49. The van der Waals surface area contributed by atoms with Crippen LogP contribution in [0.3, 0.4) is 0 Å². The number of rotatable bonds is 9. The number of carbonyl (C=O) groups excluding carboxylic acids is 1. The van der Waals surface area contributed by atoms with E-state index >= 15 is 0 Å². The standard InChI is InChI=1S/C14H24N2O/c1-3-5-10-16(11-6-4-2)12-14(17)13-8-7-9-15-13/h7-9,15H,3-6,10-12H2,1-2H3. The number of unbranched alkanes of at least 4 members (excludes halogenated alkanes) is 2. The van der Waals surface area contributed by atoms with E-state index in [1.54, 1.807) is 6.20 Å². The average molecular weight is 236 g/mol. The SMILES string of the molecule is CCCCN(CCCC)CC(=O)c1ccc[nH]1. The maximum atomic E-state index is 12.0. The summed E-state index contributed by atoms with van der Waals surface area (Å²) in [5.41, 5.74) is 0.725. The molecule has 0 fully saturated rings. The van der Waals surface area contributed by atoms with Crippen LogP contribution >= 0.6 is 0 Å². The molecule has 1 aromatic rings. The van der Waals surface area contributed by atoms with Gasteiger partial charge < -0.3 is 4.98 Å². The number of nitrogens with one attached hydrogen (secondary N) is 1. The van der Waals surface area contributed by atoms with Crippen molar-refractivity contribution >= 4 is 5.78 Å². The van der Waals surface area contributed by atoms with Crippen molar-refractivity contribution in [2.75, 3.05) is 19.6 Å². The van der Waals surface area contributed by atoms with Gasteiger partial charge in [-0.1, -0.05) is 26.7 Å². The summed E-state index contributed by atoms with van der Waals surface area (Å²) in [5, 5.41) is 0. The number of nitrogens with zero attached hydrogens (tertiary/aromatic N) is 1. The summed E-state index contributed by atoms with van der Waals surface area (Å²) >= 11 is 0. The Balaban J connectivity index is 2.43. The molecule has 3 heteroatoms. The molecule has 0 aliphatic heterocycles. The topological polar surface area (TPSA) is 36.1 Å². The fourth-order valence-electron chi connectivity index (χ4n) is 1.83. The van der Waals surface area contributed by atoms with Crippen LogP contribution in [-0.2, 0) is 0 Å². The van der Waals surface area contributed by atoms with Crippen LogP contribution in [0.1, 0.15) is 50.0 Å². The summed E-state index contributed by atoms with van der Waals surface area (Å²) < 4.78 is 0. The lowest BCUT2D eigenvalue weighted by atomic mass is 10.2. The Kier molecular flexibility index (Phi) is 6.63. The Morgan fingerprint density at radius 1 is 1.24 bits per heavy atom. The van der Waals surface area contributed by atoms with E-state index in [1.807, 2.05) is 12.1 Å². The lowest BCUT2D eigenvalue weighted by Crippen LogP contribution is -2.32. The van der Waals surface area contributed by atoms with E-state index in [0.29, 0.717) is 6.54 Å². The van der Waals surface area contributed by atoms with Crippen molar-refractivity contribution in [3.8, 4) is 0 Å². The van der Waals surface area contributed by atoms with Crippen molar-refractivity contribution in [1.82, 2.24) is 9.88 Å². The molecule has 0 aromatic carbocycles. The number of aromatic nitrogens is 1. The first-order chi connectivity index (χ1) is 8.27. The Morgan fingerprint density at radius 2 is 1.88 bits per heavy atom. The summed E-state index contributed by atoms with van der Waals surface area (Å²) in [6.45, 7) is 6.97. The van der Waals surface area contributed by atoms with E-state index in [2.05, 4.69) is 23.7 Å². The third kappa shape index (κ3) is 5.18. The monoisotopic (exact) mass is 236 g/mol. The predicted molar refractivity (Wildman–Crippen MR) is 71.4 cm³/mol. The minimum absolute atomic E-state index is 0.196. The molecule has 0 amide bonds. The summed E-state index contributed by atoms with van der Waals surface area (Å²) in [4.78, 5) is 17.2. The van der Waals surface area contributed by atoms with Crippen LogP contribution < -0.4 is 0 Å². The van der Waals surface area contributed by atoms with E-state index in [9.17, 15) is 4.79 Å². The van der Waals surface area contributed by atoms with Crippen molar-refractivity contribution < 1.29 is 4.79 Å².